The van der Waals surface area contributed by atoms with Gasteiger partial charge in [0, 0.05) is 25.2 Å². The number of amides is 1. The maximum absolute atomic E-state index is 12.9. The molecule has 2 aliphatic rings. The fraction of sp³-hybridized carbons (Fsp3) is 0.500. The van der Waals surface area contributed by atoms with Gasteiger partial charge in [-0.3, -0.25) is 4.79 Å². The number of aromatic nitrogens is 2. The van der Waals surface area contributed by atoms with Crippen molar-refractivity contribution in [2.75, 3.05) is 11.9 Å². The number of aliphatic hydroxyl groups is 1. The van der Waals surface area contributed by atoms with E-state index in [1.807, 2.05) is 30.2 Å². The van der Waals surface area contributed by atoms with Gasteiger partial charge in [0.1, 0.15) is 0 Å². The number of hydrogen-bond acceptors (Lipinski definition) is 5. The van der Waals surface area contributed by atoms with Crippen molar-refractivity contribution in [1.29, 1.82) is 0 Å². The van der Waals surface area contributed by atoms with Crippen LogP contribution in [0.25, 0.3) is 0 Å². The highest BCUT2D eigenvalue weighted by Gasteiger charge is 2.26. The molecule has 0 radical (unpaired) electrons. The van der Waals surface area contributed by atoms with Crippen molar-refractivity contribution in [2.45, 2.75) is 63.6 Å². The Morgan fingerprint density at radius 1 is 1.33 bits per heavy atom. The Bertz CT molecular complexity index is 939. The largest absolute Gasteiger partial charge is 0.393 e. The van der Waals surface area contributed by atoms with E-state index in [0.29, 0.717) is 35.5 Å². The van der Waals surface area contributed by atoms with Crippen molar-refractivity contribution in [3.63, 3.8) is 0 Å². The van der Waals surface area contributed by atoms with Crippen LogP contribution in [0.2, 0.25) is 10.0 Å². The molecule has 1 aromatic heterocycles. The lowest BCUT2D eigenvalue weighted by Gasteiger charge is -2.29. The number of carbonyl (C=O) groups excluding carboxylic acids is 1. The molecular formula is C22H26Cl2N4O2. The maximum atomic E-state index is 12.9. The molecule has 2 N–H and O–H groups in total. The number of nitrogens with zero attached hydrogens (tertiary/aromatic N) is 3. The third kappa shape index (κ3) is 4.88. The van der Waals surface area contributed by atoms with Gasteiger partial charge in [0.2, 0.25) is 11.9 Å². The molecular weight excluding hydrogens is 423 g/mol. The van der Waals surface area contributed by atoms with E-state index < -0.39 is 0 Å². The van der Waals surface area contributed by atoms with Gasteiger partial charge in [-0.25, -0.2) is 9.97 Å². The van der Waals surface area contributed by atoms with E-state index in [9.17, 15) is 9.90 Å². The Morgan fingerprint density at radius 2 is 2.17 bits per heavy atom. The van der Waals surface area contributed by atoms with E-state index in [1.165, 1.54) is 0 Å². The molecule has 8 heteroatoms. The summed E-state index contributed by atoms with van der Waals surface area (Å²) in [5, 5.41) is 14.1. The van der Waals surface area contributed by atoms with Crippen molar-refractivity contribution >= 4 is 35.1 Å². The van der Waals surface area contributed by atoms with Crippen LogP contribution in [0.15, 0.2) is 24.4 Å². The zero-order valence-corrected chi connectivity index (χ0v) is 18.5. The van der Waals surface area contributed by atoms with E-state index in [-0.39, 0.29) is 24.0 Å². The Hall–Kier alpha value is -1.89. The lowest BCUT2D eigenvalue weighted by Crippen LogP contribution is -2.37. The molecule has 1 aliphatic carbocycles. The first kappa shape index (κ1) is 21.3. The summed E-state index contributed by atoms with van der Waals surface area (Å²) in [6.07, 6.45) is 5.22. The molecule has 0 bridgehead atoms. The number of anilines is 1. The molecule has 1 saturated carbocycles. The summed E-state index contributed by atoms with van der Waals surface area (Å²) >= 11 is 12.1. The van der Waals surface area contributed by atoms with Crippen LogP contribution in [-0.2, 0) is 17.8 Å². The fourth-order valence-corrected chi connectivity index (χ4v) is 4.49. The van der Waals surface area contributed by atoms with Gasteiger partial charge in [-0.15, -0.1) is 0 Å². The normalized spacial score (nSPS) is 21.9. The third-order valence-electron chi connectivity index (χ3n) is 6.03. The molecule has 3 unspecified atom stereocenters. The smallest absolute Gasteiger partial charge is 0.223 e. The minimum Gasteiger partial charge on any atom is -0.393 e. The van der Waals surface area contributed by atoms with E-state index >= 15 is 0 Å². The van der Waals surface area contributed by atoms with Gasteiger partial charge in [-0.2, -0.15) is 0 Å². The Morgan fingerprint density at radius 3 is 2.90 bits per heavy atom. The zero-order valence-electron chi connectivity index (χ0n) is 16.9. The number of halogens is 2. The van der Waals surface area contributed by atoms with Gasteiger partial charge in [0.05, 0.1) is 28.4 Å². The molecule has 1 fully saturated rings. The third-order valence-corrected chi connectivity index (χ3v) is 6.77. The predicted octanol–water partition coefficient (Wildman–Crippen LogP) is 4.19. The van der Waals surface area contributed by atoms with E-state index in [2.05, 4.69) is 15.3 Å². The molecule has 30 heavy (non-hydrogen) atoms. The molecule has 3 atom stereocenters. The van der Waals surface area contributed by atoms with Crippen LogP contribution in [0.3, 0.4) is 0 Å². The Balaban J connectivity index is 1.39. The SMILES string of the molecule is CC(CC(=O)N1CCc2cnc(NC3CCC(O)C3)nc2C1)c1ccc(Cl)c(Cl)c1. The van der Waals surface area contributed by atoms with Crippen molar-refractivity contribution in [3.05, 3.63) is 51.3 Å². The quantitative estimate of drug-likeness (QED) is 0.716. The summed E-state index contributed by atoms with van der Waals surface area (Å²) < 4.78 is 0. The van der Waals surface area contributed by atoms with Crippen LogP contribution in [0.4, 0.5) is 5.95 Å². The van der Waals surface area contributed by atoms with Gasteiger partial charge in [0.25, 0.3) is 0 Å². The van der Waals surface area contributed by atoms with E-state index in [4.69, 9.17) is 23.2 Å². The Labute approximate surface area is 186 Å². The molecule has 4 rings (SSSR count). The molecule has 1 aliphatic heterocycles. The molecule has 1 aromatic carbocycles. The second-order valence-electron chi connectivity index (χ2n) is 8.32. The minimum absolute atomic E-state index is 0.0464. The van der Waals surface area contributed by atoms with Gasteiger partial charge in [0.15, 0.2) is 0 Å². The predicted molar refractivity (Wildman–Crippen MR) is 118 cm³/mol. The summed E-state index contributed by atoms with van der Waals surface area (Å²) in [6.45, 7) is 3.19. The highest BCUT2D eigenvalue weighted by molar-refractivity contribution is 6.42. The number of carbonyl (C=O) groups is 1. The number of nitrogens with one attached hydrogen (secondary N) is 1. The summed E-state index contributed by atoms with van der Waals surface area (Å²) in [4.78, 5) is 23.9. The zero-order chi connectivity index (χ0) is 21.3. The van der Waals surface area contributed by atoms with Gasteiger partial charge in [-0.05, 0) is 54.9 Å². The van der Waals surface area contributed by atoms with Crippen molar-refractivity contribution in [2.24, 2.45) is 0 Å². The van der Waals surface area contributed by atoms with Gasteiger partial charge >= 0.3 is 0 Å². The first-order valence-corrected chi connectivity index (χ1v) is 11.2. The summed E-state index contributed by atoms with van der Waals surface area (Å²) in [5.74, 6) is 0.725. The van der Waals surface area contributed by atoms with Crippen LogP contribution in [0, 0.1) is 0 Å². The number of benzene rings is 1. The van der Waals surface area contributed by atoms with Crippen molar-refractivity contribution in [3.8, 4) is 0 Å². The summed E-state index contributed by atoms with van der Waals surface area (Å²) in [5.41, 5.74) is 2.99. The topological polar surface area (TPSA) is 78.4 Å². The molecule has 1 amide bonds. The second kappa shape index (κ2) is 9.08. The molecule has 160 valence electrons. The van der Waals surface area contributed by atoms with Crippen LogP contribution >= 0.6 is 23.2 Å². The van der Waals surface area contributed by atoms with Crippen LogP contribution in [0.5, 0.6) is 0 Å². The standard InChI is InChI=1S/C22H26Cl2N4O2/c1-13(14-2-5-18(23)19(24)9-14)8-21(30)28-7-6-15-11-25-22(27-20(15)12-28)26-16-3-4-17(29)10-16/h2,5,9,11,13,16-17,29H,3-4,6-8,10,12H2,1H3,(H,25,26,27). The second-order valence-corrected chi connectivity index (χ2v) is 9.13. The minimum atomic E-state index is -0.245. The lowest BCUT2D eigenvalue weighted by atomic mass is 9.96. The first-order valence-electron chi connectivity index (χ1n) is 10.4. The van der Waals surface area contributed by atoms with Gasteiger partial charge < -0.3 is 15.3 Å². The van der Waals surface area contributed by atoms with Crippen molar-refractivity contribution in [1.82, 2.24) is 14.9 Å². The van der Waals surface area contributed by atoms with Crippen LogP contribution in [0.1, 0.15) is 55.3 Å². The molecule has 6 nitrogen and oxygen atoms in total. The molecule has 0 spiro atoms. The van der Waals surface area contributed by atoms with E-state index in [0.717, 1.165) is 42.5 Å². The molecule has 0 saturated heterocycles. The average Bonchev–Trinajstić information content (AvgIpc) is 3.13. The highest BCUT2D eigenvalue weighted by Crippen LogP contribution is 2.29. The Kier molecular flexibility index (Phi) is 6.46. The maximum Gasteiger partial charge on any atom is 0.223 e. The fourth-order valence-electron chi connectivity index (χ4n) is 4.18. The number of hydrogen-bond donors (Lipinski definition) is 2. The average molecular weight is 449 g/mol. The van der Waals surface area contributed by atoms with E-state index in [1.54, 1.807) is 6.07 Å². The monoisotopic (exact) mass is 448 g/mol. The highest BCUT2D eigenvalue weighted by atomic mass is 35.5. The first-order chi connectivity index (χ1) is 14.4. The summed E-state index contributed by atoms with van der Waals surface area (Å²) in [7, 11) is 0. The number of aliphatic hydroxyl groups excluding tert-OH is 1. The van der Waals surface area contributed by atoms with Crippen LogP contribution in [-0.4, -0.2) is 44.6 Å². The molecule has 2 heterocycles. The van der Waals surface area contributed by atoms with Gasteiger partial charge in [-0.1, -0.05) is 36.2 Å². The molecule has 2 aromatic rings. The summed E-state index contributed by atoms with van der Waals surface area (Å²) in [6, 6.07) is 5.72. The number of fused-ring (bicyclic) bond motifs is 1. The lowest BCUT2D eigenvalue weighted by molar-refractivity contribution is -0.132. The number of rotatable bonds is 5. The van der Waals surface area contributed by atoms with Crippen molar-refractivity contribution < 1.29 is 9.90 Å². The van der Waals surface area contributed by atoms with Crippen LogP contribution < -0.4 is 5.32 Å².